The number of ether oxygens (including phenoxy) is 1. The van der Waals surface area contributed by atoms with Crippen molar-refractivity contribution in [3.05, 3.63) is 11.3 Å². The zero-order chi connectivity index (χ0) is 13.8. The van der Waals surface area contributed by atoms with E-state index < -0.39 is 0 Å². The minimum Gasteiger partial charge on any atom is -0.372 e. The third-order valence-electron chi connectivity index (χ3n) is 2.72. The van der Waals surface area contributed by atoms with Crippen molar-refractivity contribution >= 4 is 22.6 Å². The Morgan fingerprint density at radius 2 is 2.00 bits per heavy atom. The van der Waals surface area contributed by atoms with E-state index in [1.54, 1.807) is 0 Å². The van der Waals surface area contributed by atoms with Crippen LogP contribution in [0.4, 0.5) is 5.00 Å². The number of rotatable bonds is 2. The molecule has 7 heteroatoms. The number of hydrogen-bond acceptors (Lipinski definition) is 7. The fourth-order valence-corrected chi connectivity index (χ4v) is 2.74. The van der Waals surface area contributed by atoms with E-state index in [0.29, 0.717) is 5.69 Å². The van der Waals surface area contributed by atoms with Gasteiger partial charge in [0.25, 0.3) is 0 Å². The van der Waals surface area contributed by atoms with Crippen molar-refractivity contribution in [2.24, 2.45) is 0 Å². The largest absolute Gasteiger partial charge is 0.372 e. The quantitative estimate of drug-likeness (QED) is 0.762. The highest BCUT2D eigenvalue weighted by Crippen LogP contribution is 2.28. The zero-order valence-electron chi connectivity index (χ0n) is 10.7. The van der Waals surface area contributed by atoms with E-state index in [-0.39, 0.29) is 17.8 Å². The maximum Gasteiger partial charge on any atom is 0.140 e. The second-order valence-electron chi connectivity index (χ2n) is 4.41. The van der Waals surface area contributed by atoms with E-state index >= 15 is 0 Å². The molecule has 0 aromatic carbocycles. The van der Waals surface area contributed by atoms with Gasteiger partial charge in [-0.25, -0.2) is 0 Å². The van der Waals surface area contributed by atoms with Crippen molar-refractivity contribution in [2.75, 3.05) is 18.0 Å². The summed E-state index contributed by atoms with van der Waals surface area (Å²) in [5, 5.41) is 22.4. The highest BCUT2D eigenvalue weighted by atomic mass is 32.1. The van der Waals surface area contributed by atoms with Crippen LogP contribution in [0.15, 0.2) is 5.57 Å². The SMILES string of the molecule is C[C@@H]1CN(c2snnc2C=C(C#N)C#N)C[C@@H](C)O1. The molecule has 1 fully saturated rings. The standard InChI is InChI=1S/C12H13N5OS/c1-8-6-17(7-9(2)18-8)12-11(15-16-19-12)3-10(4-13)5-14/h3,8-9H,6-7H2,1-2H3/t8-,9-/m1/s1. The number of morpholine rings is 1. The van der Waals surface area contributed by atoms with Gasteiger partial charge in [0.15, 0.2) is 0 Å². The van der Waals surface area contributed by atoms with E-state index in [1.807, 2.05) is 26.0 Å². The molecule has 1 saturated heterocycles. The Labute approximate surface area is 115 Å². The summed E-state index contributed by atoms with van der Waals surface area (Å²) in [6, 6.07) is 3.66. The minimum atomic E-state index is 0.0308. The molecule has 1 aliphatic rings. The summed E-state index contributed by atoms with van der Waals surface area (Å²) >= 11 is 1.27. The van der Waals surface area contributed by atoms with E-state index in [1.165, 1.54) is 17.6 Å². The molecule has 0 N–H and O–H groups in total. The van der Waals surface area contributed by atoms with E-state index in [0.717, 1.165) is 18.1 Å². The van der Waals surface area contributed by atoms with E-state index in [9.17, 15) is 0 Å². The molecule has 0 radical (unpaired) electrons. The van der Waals surface area contributed by atoms with Crippen LogP contribution in [0.3, 0.4) is 0 Å². The Kier molecular flexibility index (Phi) is 4.10. The molecule has 2 heterocycles. The molecule has 0 unspecified atom stereocenters. The van der Waals surface area contributed by atoms with Gasteiger partial charge in [0.1, 0.15) is 28.4 Å². The first kappa shape index (κ1) is 13.5. The Balaban J connectivity index is 2.28. The minimum absolute atomic E-state index is 0.0308. The topological polar surface area (TPSA) is 85.8 Å². The molecule has 1 aromatic rings. The normalized spacial score (nSPS) is 22.4. The fraction of sp³-hybridized carbons (Fsp3) is 0.500. The lowest BCUT2D eigenvalue weighted by Crippen LogP contribution is -2.45. The second-order valence-corrected chi connectivity index (χ2v) is 5.14. The molecule has 0 saturated carbocycles. The summed E-state index contributed by atoms with van der Waals surface area (Å²) in [6.07, 6.45) is 1.74. The lowest BCUT2D eigenvalue weighted by atomic mass is 10.2. The first-order valence-corrected chi connectivity index (χ1v) is 6.66. The molecular formula is C12H13N5OS. The van der Waals surface area contributed by atoms with Crippen molar-refractivity contribution in [3.63, 3.8) is 0 Å². The third kappa shape index (κ3) is 3.08. The smallest absolute Gasteiger partial charge is 0.140 e. The molecule has 2 atom stereocenters. The van der Waals surface area contributed by atoms with Crippen LogP contribution in [-0.4, -0.2) is 34.9 Å². The number of anilines is 1. The van der Waals surface area contributed by atoms with Crippen LogP contribution >= 0.6 is 11.5 Å². The van der Waals surface area contributed by atoms with Gasteiger partial charge in [0.05, 0.1) is 12.2 Å². The van der Waals surface area contributed by atoms with Crippen molar-refractivity contribution < 1.29 is 4.74 Å². The molecule has 98 valence electrons. The Bertz CT molecular complexity index is 541. The lowest BCUT2D eigenvalue weighted by molar-refractivity contribution is -0.00502. The molecule has 1 aromatic heterocycles. The molecule has 0 amide bonds. The predicted octanol–water partition coefficient (Wildman–Crippen LogP) is 1.58. The first-order valence-electron chi connectivity index (χ1n) is 5.88. The van der Waals surface area contributed by atoms with Gasteiger partial charge >= 0.3 is 0 Å². The van der Waals surface area contributed by atoms with Crippen molar-refractivity contribution in [1.29, 1.82) is 10.5 Å². The van der Waals surface area contributed by atoms with Gasteiger partial charge < -0.3 is 9.64 Å². The molecular weight excluding hydrogens is 262 g/mol. The number of nitriles is 2. The van der Waals surface area contributed by atoms with E-state index in [2.05, 4.69) is 14.5 Å². The number of aromatic nitrogens is 2. The summed E-state index contributed by atoms with van der Waals surface area (Å²) in [7, 11) is 0. The predicted molar refractivity (Wildman–Crippen MR) is 71.3 cm³/mol. The van der Waals surface area contributed by atoms with Gasteiger partial charge in [-0.3, -0.25) is 0 Å². The molecule has 0 spiro atoms. The number of hydrogen-bond donors (Lipinski definition) is 0. The van der Waals surface area contributed by atoms with Gasteiger partial charge in [-0.15, -0.1) is 5.10 Å². The van der Waals surface area contributed by atoms with Gasteiger partial charge in [-0.1, -0.05) is 4.49 Å². The zero-order valence-corrected chi connectivity index (χ0v) is 11.5. The Morgan fingerprint density at radius 1 is 1.37 bits per heavy atom. The van der Waals surface area contributed by atoms with Crippen LogP contribution < -0.4 is 4.90 Å². The highest BCUT2D eigenvalue weighted by molar-refractivity contribution is 7.10. The maximum absolute atomic E-state index is 8.79. The van der Waals surface area contributed by atoms with Gasteiger partial charge in [0, 0.05) is 24.6 Å². The Morgan fingerprint density at radius 3 is 2.58 bits per heavy atom. The second kappa shape index (κ2) is 5.79. The van der Waals surface area contributed by atoms with E-state index in [4.69, 9.17) is 15.3 Å². The number of nitrogens with zero attached hydrogens (tertiary/aromatic N) is 5. The van der Waals surface area contributed by atoms with Gasteiger partial charge in [-0.05, 0) is 19.9 Å². The van der Waals surface area contributed by atoms with Crippen LogP contribution in [0.5, 0.6) is 0 Å². The fourth-order valence-electron chi connectivity index (χ4n) is 2.07. The summed E-state index contributed by atoms with van der Waals surface area (Å²) in [4.78, 5) is 2.14. The summed E-state index contributed by atoms with van der Waals surface area (Å²) in [6.45, 7) is 5.54. The lowest BCUT2D eigenvalue weighted by Gasteiger charge is -2.35. The third-order valence-corrected chi connectivity index (χ3v) is 3.53. The molecule has 0 bridgehead atoms. The van der Waals surface area contributed by atoms with Gasteiger partial charge in [-0.2, -0.15) is 10.5 Å². The van der Waals surface area contributed by atoms with Gasteiger partial charge in [0.2, 0.25) is 0 Å². The van der Waals surface area contributed by atoms with Crippen LogP contribution in [0.25, 0.3) is 6.08 Å². The maximum atomic E-state index is 8.79. The highest BCUT2D eigenvalue weighted by Gasteiger charge is 2.25. The monoisotopic (exact) mass is 275 g/mol. The molecule has 2 rings (SSSR count). The average molecular weight is 275 g/mol. The van der Waals surface area contributed by atoms with Crippen molar-refractivity contribution in [2.45, 2.75) is 26.1 Å². The van der Waals surface area contributed by atoms with Crippen molar-refractivity contribution in [1.82, 2.24) is 9.59 Å². The Hall–Kier alpha value is -1.96. The van der Waals surface area contributed by atoms with Crippen LogP contribution in [0, 0.1) is 22.7 Å². The molecule has 6 nitrogen and oxygen atoms in total. The summed E-state index contributed by atoms with van der Waals surface area (Å²) in [5.74, 6) is 0. The van der Waals surface area contributed by atoms with Crippen molar-refractivity contribution in [3.8, 4) is 12.1 Å². The molecule has 0 aliphatic carbocycles. The molecule has 19 heavy (non-hydrogen) atoms. The number of allylic oxidation sites excluding steroid dienone is 1. The molecule has 1 aliphatic heterocycles. The van der Waals surface area contributed by atoms with Crippen LogP contribution in [-0.2, 0) is 4.74 Å². The van der Waals surface area contributed by atoms with Crippen LogP contribution in [0.1, 0.15) is 19.5 Å². The average Bonchev–Trinajstić information content (AvgIpc) is 2.82. The summed E-state index contributed by atoms with van der Waals surface area (Å²) < 4.78 is 9.59. The summed E-state index contributed by atoms with van der Waals surface area (Å²) in [5.41, 5.74) is 0.604. The van der Waals surface area contributed by atoms with Crippen LogP contribution in [0.2, 0.25) is 0 Å². The first-order chi connectivity index (χ1) is 9.13.